The van der Waals surface area contributed by atoms with E-state index in [9.17, 15) is 14.7 Å². The molecule has 9 heteroatoms. The van der Waals surface area contributed by atoms with Crippen LogP contribution in [-0.2, 0) is 20.9 Å². The molecule has 1 aromatic rings. The second-order valence-corrected chi connectivity index (χ2v) is 4.48. The van der Waals surface area contributed by atoms with Crippen LogP contribution in [0.1, 0.15) is 12.8 Å². The zero-order chi connectivity index (χ0) is 13.7. The lowest BCUT2D eigenvalue weighted by molar-refractivity contribution is -0.154. The number of nitrogens with zero attached hydrogens (tertiary/aromatic N) is 4. The largest absolute Gasteiger partial charge is 0.481 e. The van der Waals surface area contributed by atoms with Gasteiger partial charge in [0.15, 0.2) is 0 Å². The van der Waals surface area contributed by atoms with Crippen molar-refractivity contribution in [1.29, 1.82) is 0 Å². The maximum atomic E-state index is 11.7. The molecule has 1 aliphatic heterocycles. The second-order valence-electron chi connectivity index (χ2n) is 4.48. The Hall–Kier alpha value is -2.03. The molecule has 104 valence electrons. The maximum Gasteiger partial charge on any atom is 0.311 e. The number of carboxylic acids is 1. The molecule has 1 aromatic heterocycles. The van der Waals surface area contributed by atoms with E-state index >= 15 is 0 Å². The van der Waals surface area contributed by atoms with Crippen molar-refractivity contribution in [3.05, 3.63) is 6.33 Å². The Bertz CT molecular complexity index is 441. The van der Waals surface area contributed by atoms with Crippen LogP contribution in [0.2, 0.25) is 0 Å². The zero-order valence-electron chi connectivity index (χ0n) is 10.3. The van der Waals surface area contributed by atoms with Crippen molar-refractivity contribution in [2.45, 2.75) is 19.4 Å². The number of amides is 1. The van der Waals surface area contributed by atoms with E-state index in [1.807, 2.05) is 0 Å². The van der Waals surface area contributed by atoms with Crippen molar-refractivity contribution in [2.24, 2.45) is 5.41 Å². The van der Waals surface area contributed by atoms with Gasteiger partial charge in [-0.1, -0.05) is 0 Å². The van der Waals surface area contributed by atoms with Crippen LogP contribution in [0.3, 0.4) is 0 Å². The van der Waals surface area contributed by atoms with Gasteiger partial charge in [0.05, 0.1) is 5.41 Å². The summed E-state index contributed by atoms with van der Waals surface area (Å²) in [6, 6.07) is 0. The number of ether oxygens (including phenoxy) is 1. The van der Waals surface area contributed by atoms with Crippen LogP contribution in [0.4, 0.5) is 0 Å². The predicted molar refractivity (Wildman–Crippen MR) is 60.9 cm³/mol. The van der Waals surface area contributed by atoms with Gasteiger partial charge in [-0.05, 0) is 23.3 Å². The highest BCUT2D eigenvalue weighted by Crippen LogP contribution is 2.29. The monoisotopic (exact) mass is 269 g/mol. The number of carbonyl (C=O) groups excluding carboxylic acids is 1. The molecule has 0 spiro atoms. The highest BCUT2D eigenvalue weighted by Gasteiger charge is 2.40. The van der Waals surface area contributed by atoms with Crippen LogP contribution < -0.4 is 5.32 Å². The highest BCUT2D eigenvalue weighted by atomic mass is 16.5. The molecule has 2 heterocycles. The normalized spacial score (nSPS) is 17.9. The van der Waals surface area contributed by atoms with Crippen molar-refractivity contribution in [3.8, 4) is 0 Å². The molecule has 0 radical (unpaired) electrons. The van der Waals surface area contributed by atoms with E-state index < -0.39 is 11.4 Å². The molecule has 2 N–H and O–H groups in total. The van der Waals surface area contributed by atoms with E-state index in [4.69, 9.17) is 4.74 Å². The first-order chi connectivity index (χ1) is 9.12. The summed E-state index contributed by atoms with van der Waals surface area (Å²) >= 11 is 0. The molecule has 0 aliphatic carbocycles. The summed E-state index contributed by atoms with van der Waals surface area (Å²) in [4.78, 5) is 23.0. The number of nitrogens with one attached hydrogen (secondary N) is 1. The lowest BCUT2D eigenvalue weighted by Crippen LogP contribution is -2.47. The summed E-state index contributed by atoms with van der Waals surface area (Å²) in [6.07, 6.45) is 2.11. The maximum absolute atomic E-state index is 11.7. The topological polar surface area (TPSA) is 119 Å². The lowest BCUT2D eigenvalue weighted by atomic mass is 9.80. The number of hydrogen-bond donors (Lipinski definition) is 2. The first-order valence-corrected chi connectivity index (χ1v) is 5.91. The van der Waals surface area contributed by atoms with Gasteiger partial charge >= 0.3 is 5.97 Å². The standard InChI is InChI=1S/C10H15N5O4/c16-8(5-15-7-12-13-14-15)11-6-10(9(17)18)1-3-19-4-2-10/h7H,1-6H2,(H,11,16)(H,17,18). The van der Waals surface area contributed by atoms with Gasteiger partial charge < -0.3 is 15.2 Å². The lowest BCUT2D eigenvalue weighted by Gasteiger charge is -2.33. The van der Waals surface area contributed by atoms with Gasteiger partial charge in [-0.3, -0.25) is 9.59 Å². The molecule has 2 rings (SSSR count). The number of aliphatic carboxylic acids is 1. The fraction of sp³-hybridized carbons (Fsp3) is 0.700. The summed E-state index contributed by atoms with van der Waals surface area (Å²) < 4.78 is 6.43. The van der Waals surface area contributed by atoms with Crippen LogP contribution >= 0.6 is 0 Å². The smallest absolute Gasteiger partial charge is 0.311 e. The van der Waals surface area contributed by atoms with Crippen LogP contribution in [0, 0.1) is 5.41 Å². The van der Waals surface area contributed by atoms with Gasteiger partial charge in [0, 0.05) is 19.8 Å². The molecule has 1 amide bonds. The van der Waals surface area contributed by atoms with E-state index in [1.54, 1.807) is 0 Å². The number of aromatic nitrogens is 4. The van der Waals surface area contributed by atoms with Gasteiger partial charge in [0.2, 0.25) is 5.91 Å². The number of rotatable bonds is 5. The Morgan fingerprint density at radius 2 is 2.16 bits per heavy atom. The molecule has 0 bridgehead atoms. The van der Waals surface area contributed by atoms with E-state index in [2.05, 4.69) is 20.8 Å². The Balaban J connectivity index is 1.88. The molecule has 0 atom stereocenters. The van der Waals surface area contributed by atoms with Crippen molar-refractivity contribution >= 4 is 11.9 Å². The highest BCUT2D eigenvalue weighted by molar-refractivity contribution is 5.79. The Morgan fingerprint density at radius 3 is 2.74 bits per heavy atom. The first-order valence-electron chi connectivity index (χ1n) is 5.91. The summed E-state index contributed by atoms with van der Waals surface area (Å²) in [7, 11) is 0. The minimum atomic E-state index is -0.936. The minimum absolute atomic E-state index is 0.0286. The zero-order valence-corrected chi connectivity index (χ0v) is 10.3. The molecular formula is C10H15N5O4. The predicted octanol–water partition coefficient (Wildman–Crippen LogP) is -1.33. The van der Waals surface area contributed by atoms with E-state index in [0.717, 1.165) is 0 Å². The van der Waals surface area contributed by atoms with Crippen LogP contribution in [0.25, 0.3) is 0 Å². The van der Waals surface area contributed by atoms with Crippen LogP contribution in [0.15, 0.2) is 6.33 Å². The quantitative estimate of drug-likeness (QED) is 0.679. The Morgan fingerprint density at radius 1 is 1.42 bits per heavy atom. The summed E-state index contributed by atoms with van der Waals surface area (Å²) in [5, 5.41) is 22.3. The molecular weight excluding hydrogens is 254 g/mol. The van der Waals surface area contributed by atoms with Gasteiger partial charge in [-0.2, -0.15) is 0 Å². The molecule has 1 aliphatic rings. The number of hydrogen-bond acceptors (Lipinski definition) is 6. The average Bonchev–Trinajstić information content (AvgIpc) is 2.90. The molecule has 0 aromatic carbocycles. The third-order valence-electron chi connectivity index (χ3n) is 3.22. The summed E-state index contributed by atoms with van der Waals surface area (Å²) in [5.41, 5.74) is -0.936. The second kappa shape index (κ2) is 5.74. The SMILES string of the molecule is O=C(Cn1cnnn1)NCC1(C(=O)O)CCOCC1. The van der Waals surface area contributed by atoms with Crippen molar-refractivity contribution in [2.75, 3.05) is 19.8 Å². The number of carbonyl (C=O) groups is 2. The van der Waals surface area contributed by atoms with Crippen LogP contribution in [0.5, 0.6) is 0 Å². The fourth-order valence-corrected chi connectivity index (χ4v) is 1.95. The van der Waals surface area contributed by atoms with E-state index in [1.165, 1.54) is 11.0 Å². The number of carboxylic acid groups (broad SMARTS) is 1. The molecule has 0 saturated carbocycles. The van der Waals surface area contributed by atoms with Crippen molar-refractivity contribution in [3.63, 3.8) is 0 Å². The molecule has 19 heavy (non-hydrogen) atoms. The molecule has 1 saturated heterocycles. The Labute approximate surface area is 108 Å². The van der Waals surface area contributed by atoms with Gasteiger partial charge in [-0.25, -0.2) is 4.68 Å². The molecule has 1 fully saturated rings. The fourth-order valence-electron chi connectivity index (χ4n) is 1.95. The summed E-state index contributed by atoms with van der Waals surface area (Å²) in [6.45, 7) is 0.857. The van der Waals surface area contributed by atoms with Crippen LogP contribution in [-0.4, -0.2) is 56.9 Å². The molecule has 9 nitrogen and oxygen atoms in total. The molecule has 0 unspecified atom stereocenters. The average molecular weight is 269 g/mol. The third-order valence-corrected chi connectivity index (χ3v) is 3.22. The van der Waals surface area contributed by atoms with E-state index in [-0.39, 0.29) is 19.0 Å². The number of tetrazole rings is 1. The summed E-state index contributed by atoms with van der Waals surface area (Å²) in [5.74, 6) is -1.22. The van der Waals surface area contributed by atoms with Gasteiger partial charge in [-0.15, -0.1) is 5.10 Å². The van der Waals surface area contributed by atoms with E-state index in [0.29, 0.717) is 26.1 Å². The first kappa shape index (κ1) is 13.4. The Kier molecular flexibility index (Phi) is 4.05. The van der Waals surface area contributed by atoms with Gasteiger partial charge in [0.25, 0.3) is 0 Å². The minimum Gasteiger partial charge on any atom is -0.481 e. The van der Waals surface area contributed by atoms with Crippen molar-refractivity contribution in [1.82, 2.24) is 25.5 Å². The third kappa shape index (κ3) is 3.25. The van der Waals surface area contributed by atoms with Crippen molar-refractivity contribution < 1.29 is 19.4 Å². The van der Waals surface area contributed by atoms with Gasteiger partial charge in [0.1, 0.15) is 12.9 Å².